The van der Waals surface area contributed by atoms with Crippen molar-refractivity contribution in [3.63, 3.8) is 0 Å². The van der Waals surface area contributed by atoms with Gasteiger partial charge in [0.05, 0.1) is 12.1 Å². The molecule has 0 saturated heterocycles. The van der Waals surface area contributed by atoms with Crippen molar-refractivity contribution in [1.82, 2.24) is 5.01 Å². The van der Waals surface area contributed by atoms with Crippen LogP contribution in [0.5, 0.6) is 0 Å². The molecule has 8 atom stereocenters. The number of thioether (sulfide) groups is 1. The van der Waals surface area contributed by atoms with Crippen molar-refractivity contribution in [2.75, 3.05) is 30.6 Å². The summed E-state index contributed by atoms with van der Waals surface area (Å²) in [6, 6.07) is 7.84. The van der Waals surface area contributed by atoms with Crippen molar-refractivity contribution in [2.45, 2.75) is 139 Å². The number of benzene rings is 1. The molecule has 9 heteroatoms. The summed E-state index contributed by atoms with van der Waals surface area (Å²) >= 11 is 8.10. The second kappa shape index (κ2) is 17.6. The Kier molecular flexibility index (Phi) is 14.0. The van der Waals surface area contributed by atoms with Gasteiger partial charge in [0.15, 0.2) is 5.78 Å². The minimum atomic E-state index is -0.731. The van der Waals surface area contributed by atoms with Gasteiger partial charge >= 0.3 is 5.97 Å². The number of hydrogen-bond acceptors (Lipinski definition) is 8. The lowest BCUT2D eigenvalue weighted by Gasteiger charge is -2.70. The third-order valence-electron chi connectivity index (χ3n) is 15.9. The fourth-order valence-corrected chi connectivity index (χ4v) is 12.8. The Hall–Kier alpha value is -2.58. The molecule has 5 rings (SSSR count). The summed E-state index contributed by atoms with van der Waals surface area (Å²) in [5.74, 6) is 2.11. The van der Waals surface area contributed by atoms with Gasteiger partial charge in [-0.3, -0.25) is 24.4 Å². The summed E-state index contributed by atoms with van der Waals surface area (Å²) in [4.78, 5) is 51.8. The van der Waals surface area contributed by atoms with E-state index in [0.29, 0.717) is 29.8 Å². The molecule has 3 fully saturated rings. The van der Waals surface area contributed by atoms with Crippen LogP contribution in [0.4, 0.5) is 5.69 Å². The first-order chi connectivity index (χ1) is 26.8. The SMILES string of the molecule is CCC(CCC1(C)C(C)CCC2(C)C1CCC1C3=C(C(C)C)C(=O)CC3(/C(=C/C=O)N(CCSC)N(C)c3ccc(Cl)cc3)CC[C@]12C)OC(=O)CC(C)(C)C=O. The number of ketones is 1. The summed E-state index contributed by atoms with van der Waals surface area (Å²) < 4.78 is 6.03. The highest BCUT2D eigenvalue weighted by Gasteiger charge is 2.68. The van der Waals surface area contributed by atoms with E-state index in [1.807, 2.05) is 24.3 Å². The van der Waals surface area contributed by atoms with Crippen molar-refractivity contribution >= 4 is 53.4 Å². The van der Waals surface area contributed by atoms with Crippen LogP contribution in [0.15, 0.2) is 47.2 Å². The number of hydrazine groups is 1. The summed E-state index contributed by atoms with van der Waals surface area (Å²) in [5.41, 5.74) is 2.98. The molecule has 0 heterocycles. The van der Waals surface area contributed by atoms with Gasteiger partial charge in [-0.15, -0.1) is 0 Å². The zero-order valence-electron chi connectivity index (χ0n) is 36.8. The molecule has 0 radical (unpaired) electrons. The van der Waals surface area contributed by atoms with Crippen LogP contribution in [0.2, 0.25) is 5.02 Å². The maximum absolute atomic E-state index is 14.6. The number of ether oxygens (including phenoxy) is 1. The molecule has 57 heavy (non-hydrogen) atoms. The average molecular weight is 824 g/mol. The molecular formula is C48H71ClN2O5S. The van der Waals surface area contributed by atoms with Crippen molar-refractivity contribution in [3.8, 4) is 0 Å². The Bertz CT molecular complexity index is 1720. The third kappa shape index (κ3) is 8.30. The molecule has 1 aromatic carbocycles. The van der Waals surface area contributed by atoms with E-state index >= 15 is 0 Å². The molecule has 3 saturated carbocycles. The Balaban J connectivity index is 1.54. The second-order valence-corrected chi connectivity index (χ2v) is 21.2. The number of rotatable bonds is 17. The minimum absolute atomic E-state index is 0.0314. The van der Waals surface area contributed by atoms with Crippen molar-refractivity contribution in [2.24, 2.45) is 50.7 Å². The van der Waals surface area contributed by atoms with E-state index in [9.17, 15) is 19.2 Å². The number of Topliss-reactive ketones (excluding diaryl/α,β-unsaturated/α-hetero) is 1. The zero-order valence-corrected chi connectivity index (χ0v) is 38.4. The molecule has 0 aromatic heterocycles. The number of carbonyl (C=O) groups is 4. The smallest absolute Gasteiger partial charge is 0.307 e. The number of allylic oxidation sites excluding steroid dienone is 3. The molecule has 0 bridgehead atoms. The molecule has 4 aliphatic rings. The lowest BCUT2D eigenvalue weighted by molar-refractivity contribution is -0.186. The Morgan fingerprint density at radius 2 is 1.74 bits per heavy atom. The fourth-order valence-electron chi connectivity index (χ4n) is 12.3. The molecule has 316 valence electrons. The lowest BCUT2D eigenvalue weighted by Crippen LogP contribution is -2.62. The van der Waals surface area contributed by atoms with Gasteiger partial charge in [-0.1, -0.05) is 73.9 Å². The van der Waals surface area contributed by atoms with Crippen molar-refractivity contribution in [1.29, 1.82) is 0 Å². The normalized spacial score (nSPS) is 32.0. The van der Waals surface area contributed by atoms with Gasteiger partial charge in [0, 0.05) is 47.3 Å². The molecule has 4 aliphatic carbocycles. The third-order valence-corrected chi connectivity index (χ3v) is 16.8. The maximum Gasteiger partial charge on any atom is 0.307 e. The van der Waals surface area contributed by atoms with Crippen molar-refractivity contribution in [3.05, 3.63) is 52.2 Å². The van der Waals surface area contributed by atoms with Gasteiger partial charge in [0.2, 0.25) is 0 Å². The van der Waals surface area contributed by atoms with Gasteiger partial charge in [-0.25, -0.2) is 0 Å². The average Bonchev–Trinajstić information content (AvgIpc) is 3.48. The minimum Gasteiger partial charge on any atom is -0.462 e. The number of fused-ring (bicyclic) bond motifs is 5. The standard InChI is InChI=1S/C48H71ClN2O5S/c1-12-36(56-41(55)30-44(5,6)31-53)20-22-45(7)33(4)19-23-47(9)39(45)18-17-37-43-42(32(2)3)38(54)29-48(43,25-24-46(37,47)8)40(21-27-52)51(26-28-57-11)50(10)35-15-13-34(49)14-16-35/h13-16,21,27,31-33,36-37,39H,12,17-20,22-26,28-30H2,1-11H3/b40-21-/t33?,36?,37?,39?,45?,46-,47?,48?/m1/s1. The predicted molar refractivity (Wildman–Crippen MR) is 235 cm³/mol. The van der Waals surface area contributed by atoms with Crippen LogP contribution in [0.3, 0.4) is 0 Å². The zero-order chi connectivity index (χ0) is 42.1. The summed E-state index contributed by atoms with van der Waals surface area (Å²) in [6.45, 7) is 20.8. The summed E-state index contributed by atoms with van der Waals surface area (Å²) in [6.07, 6.45) is 14.7. The lowest BCUT2D eigenvalue weighted by atomic mass is 9.35. The highest BCUT2D eigenvalue weighted by atomic mass is 35.5. The number of hydrogen-bond donors (Lipinski definition) is 0. The van der Waals surface area contributed by atoms with Crippen LogP contribution in [-0.2, 0) is 23.9 Å². The molecule has 7 nitrogen and oxygen atoms in total. The number of anilines is 1. The first kappa shape index (κ1) is 45.5. The monoisotopic (exact) mass is 822 g/mol. The Morgan fingerprint density at radius 3 is 2.33 bits per heavy atom. The van der Waals surface area contributed by atoms with Gasteiger partial charge in [-0.05, 0) is 145 Å². The van der Waals surface area contributed by atoms with Gasteiger partial charge in [-0.2, -0.15) is 11.8 Å². The van der Waals surface area contributed by atoms with Crippen LogP contribution in [0.25, 0.3) is 0 Å². The predicted octanol–water partition coefficient (Wildman–Crippen LogP) is 11.3. The van der Waals surface area contributed by atoms with Gasteiger partial charge in [0.1, 0.15) is 18.7 Å². The summed E-state index contributed by atoms with van der Waals surface area (Å²) in [7, 11) is 2.06. The van der Waals surface area contributed by atoms with Crippen LogP contribution >= 0.6 is 23.4 Å². The number of nitrogens with zero attached hydrogens (tertiary/aromatic N) is 2. The van der Waals surface area contributed by atoms with E-state index in [1.54, 1.807) is 31.7 Å². The largest absolute Gasteiger partial charge is 0.462 e. The molecule has 0 spiro atoms. The summed E-state index contributed by atoms with van der Waals surface area (Å²) in [5, 5.41) is 5.10. The second-order valence-electron chi connectivity index (χ2n) is 19.8. The molecule has 7 unspecified atom stereocenters. The fraction of sp³-hybridized carbons (Fsp3) is 0.708. The highest BCUT2D eigenvalue weighted by molar-refractivity contribution is 7.98. The van der Waals surface area contributed by atoms with Crippen LogP contribution in [-0.4, -0.2) is 61.0 Å². The van der Waals surface area contributed by atoms with E-state index in [4.69, 9.17) is 16.3 Å². The van der Waals surface area contributed by atoms with Gasteiger partial charge < -0.3 is 9.53 Å². The Labute approximate surface area is 353 Å². The number of carbonyl (C=O) groups excluding carboxylic acids is 4. The highest BCUT2D eigenvalue weighted by Crippen LogP contribution is 2.75. The first-order valence-electron chi connectivity index (χ1n) is 21.6. The quantitative estimate of drug-likeness (QED) is 0.0665. The first-order valence-corrected chi connectivity index (χ1v) is 23.4. The van der Waals surface area contributed by atoms with E-state index in [1.165, 1.54) is 5.57 Å². The number of aldehydes is 2. The topological polar surface area (TPSA) is 84.0 Å². The Morgan fingerprint density at radius 1 is 1.05 bits per heavy atom. The van der Waals surface area contributed by atoms with Crippen LogP contribution in [0, 0.1) is 50.7 Å². The molecular weight excluding hydrogens is 752 g/mol. The number of halogens is 1. The number of esters is 1. The molecule has 0 amide bonds. The van der Waals surface area contributed by atoms with E-state index in [0.717, 1.165) is 93.1 Å². The van der Waals surface area contributed by atoms with E-state index in [2.05, 4.69) is 71.8 Å². The van der Waals surface area contributed by atoms with Crippen molar-refractivity contribution < 1.29 is 23.9 Å². The van der Waals surface area contributed by atoms with E-state index < -0.39 is 10.8 Å². The van der Waals surface area contributed by atoms with Crippen LogP contribution < -0.4 is 5.01 Å². The molecule has 0 N–H and O–H groups in total. The molecule has 0 aliphatic heterocycles. The molecule has 1 aromatic rings. The van der Waals surface area contributed by atoms with E-state index in [-0.39, 0.29) is 52.4 Å². The maximum atomic E-state index is 14.6. The van der Waals surface area contributed by atoms with Crippen LogP contribution in [0.1, 0.15) is 133 Å². The van der Waals surface area contributed by atoms with Gasteiger partial charge in [0.25, 0.3) is 0 Å².